The number of nitrogens with one attached hydrogen (secondary N) is 1. The Kier molecular flexibility index (Phi) is 4.29. The van der Waals surface area contributed by atoms with Crippen molar-refractivity contribution in [2.45, 2.75) is 19.4 Å². The lowest BCUT2D eigenvalue weighted by molar-refractivity contribution is -0.133. The van der Waals surface area contributed by atoms with E-state index in [0.717, 1.165) is 0 Å². The third-order valence-corrected chi connectivity index (χ3v) is 3.56. The average Bonchev–Trinajstić information content (AvgIpc) is 2.47. The molecule has 1 heterocycles. The number of nitrogens with zero attached hydrogens (tertiary/aromatic N) is 1. The zero-order valence-corrected chi connectivity index (χ0v) is 12.1. The maximum Gasteiger partial charge on any atom is 0.256 e. The predicted octanol–water partition coefficient (Wildman–Crippen LogP) is 0.381. The molecule has 0 bridgehead atoms. The molecule has 1 saturated heterocycles. The number of carbonyl (C=O) groups is 2. The van der Waals surface area contributed by atoms with Crippen LogP contribution in [0.2, 0.25) is 0 Å². The molecule has 0 spiro atoms. The van der Waals surface area contributed by atoms with Crippen LogP contribution in [0, 0.1) is 11.8 Å². The van der Waals surface area contributed by atoms with E-state index in [2.05, 4.69) is 17.2 Å². The molecular weight excluding hydrogens is 268 g/mol. The number of aliphatic hydroxyl groups is 1. The second kappa shape index (κ2) is 5.98. The fourth-order valence-corrected chi connectivity index (χ4v) is 2.31. The van der Waals surface area contributed by atoms with Crippen molar-refractivity contribution in [3.63, 3.8) is 0 Å². The van der Waals surface area contributed by atoms with Gasteiger partial charge in [0.25, 0.3) is 5.91 Å². The molecule has 0 radical (unpaired) electrons. The number of benzene rings is 1. The van der Waals surface area contributed by atoms with Gasteiger partial charge in [0.1, 0.15) is 12.1 Å². The maximum absolute atomic E-state index is 12.8. The van der Waals surface area contributed by atoms with Crippen molar-refractivity contribution >= 4 is 11.8 Å². The summed E-state index contributed by atoms with van der Waals surface area (Å²) in [6.45, 7) is 4.08. The van der Waals surface area contributed by atoms with Gasteiger partial charge in [0.2, 0.25) is 5.91 Å². The van der Waals surface area contributed by atoms with Crippen molar-refractivity contribution in [1.82, 2.24) is 10.2 Å². The Balaban J connectivity index is 2.38. The van der Waals surface area contributed by atoms with Gasteiger partial charge in [-0.25, -0.2) is 0 Å². The van der Waals surface area contributed by atoms with E-state index in [0.29, 0.717) is 24.2 Å². The van der Waals surface area contributed by atoms with Crippen molar-refractivity contribution in [2.75, 3.05) is 19.7 Å². The number of aliphatic hydroxyl groups excluding tert-OH is 1. The van der Waals surface area contributed by atoms with E-state index >= 15 is 0 Å². The summed E-state index contributed by atoms with van der Waals surface area (Å²) in [7, 11) is 0. The smallest absolute Gasteiger partial charge is 0.256 e. The highest BCUT2D eigenvalue weighted by Gasteiger charge is 2.40. The Hall–Kier alpha value is -2.32. The summed E-state index contributed by atoms with van der Waals surface area (Å²) in [6.07, 6.45) is 0. The standard InChI is InChI=1S/C16H18N2O3/c1-16(2)15(21)17-9-10-18(16)14(20)13-8-4-3-6-12(13)7-5-11-19/h3-4,6,8,19H,9-11H2,1-2H3,(H,17,21). The van der Waals surface area contributed by atoms with Gasteiger partial charge in [-0.3, -0.25) is 9.59 Å². The number of carbonyl (C=O) groups excluding carboxylic acids is 2. The molecule has 1 aliphatic rings. The third kappa shape index (κ3) is 2.91. The lowest BCUT2D eigenvalue weighted by Crippen LogP contribution is -2.63. The third-order valence-electron chi connectivity index (χ3n) is 3.56. The molecule has 1 aromatic carbocycles. The van der Waals surface area contributed by atoms with Gasteiger partial charge in [-0.05, 0) is 26.0 Å². The Morgan fingerprint density at radius 2 is 2.14 bits per heavy atom. The molecule has 2 N–H and O–H groups in total. The summed E-state index contributed by atoms with van der Waals surface area (Å²) in [5.41, 5.74) is 0.104. The lowest BCUT2D eigenvalue weighted by Gasteiger charge is -2.41. The van der Waals surface area contributed by atoms with Gasteiger partial charge in [-0.15, -0.1) is 0 Å². The van der Waals surface area contributed by atoms with Gasteiger partial charge in [0.15, 0.2) is 0 Å². The van der Waals surface area contributed by atoms with Crippen LogP contribution in [-0.4, -0.2) is 47.1 Å². The Labute approximate surface area is 124 Å². The number of amides is 2. The molecule has 2 rings (SSSR count). The number of piperazine rings is 1. The molecular formula is C16H18N2O3. The van der Waals surface area contributed by atoms with E-state index in [-0.39, 0.29) is 18.4 Å². The number of rotatable bonds is 1. The fraction of sp³-hybridized carbons (Fsp3) is 0.375. The molecule has 0 aromatic heterocycles. The van der Waals surface area contributed by atoms with Gasteiger partial charge < -0.3 is 15.3 Å². The summed E-state index contributed by atoms with van der Waals surface area (Å²) in [5, 5.41) is 11.6. The fourth-order valence-electron chi connectivity index (χ4n) is 2.31. The first-order valence-corrected chi connectivity index (χ1v) is 6.77. The van der Waals surface area contributed by atoms with Crippen LogP contribution in [-0.2, 0) is 4.79 Å². The van der Waals surface area contributed by atoms with Gasteiger partial charge in [-0.2, -0.15) is 0 Å². The normalized spacial score (nSPS) is 16.7. The molecule has 1 aromatic rings. The second-order valence-electron chi connectivity index (χ2n) is 5.28. The van der Waals surface area contributed by atoms with E-state index < -0.39 is 5.54 Å². The summed E-state index contributed by atoms with van der Waals surface area (Å²) < 4.78 is 0. The Bertz CT molecular complexity index is 626. The van der Waals surface area contributed by atoms with Gasteiger partial charge in [0, 0.05) is 18.7 Å². The van der Waals surface area contributed by atoms with Crippen LogP contribution in [0.25, 0.3) is 0 Å². The van der Waals surface area contributed by atoms with E-state index in [1.54, 1.807) is 43.0 Å². The van der Waals surface area contributed by atoms with Crippen LogP contribution < -0.4 is 5.32 Å². The maximum atomic E-state index is 12.8. The van der Waals surface area contributed by atoms with Crippen LogP contribution in [0.3, 0.4) is 0 Å². The first-order valence-electron chi connectivity index (χ1n) is 6.77. The van der Waals surface area contributed by atoms with E-state index in [1.165, 1.54) is 0 Å². The van der Waals surface area contributed by atoms with Crippen LogP contribution in [0.1, 0.15) is 29.8 Å². The molecule has 0 saturated carbocycles. The van der Waals surface area contributed by atoms with E-state index in [9.17, 15) is 9.59 Å². The minimum Gasteiger partial charge on any atom is -0.384 e. The first-order chi connectivity index (χ1) is 9.98. The molecule has 1 aliphatic heterocycles. The van der Waals surface area contributed by atoms with Crippen LogP contribution in [0.5, 0.6) is 0 Å². The molecule has 5 heteroatoms. The zero-order chi connectivity index (χ0) is 15.5. The SMILES string of the molecule is CC1(C)C(=O)NCCN1C(=O)c1ccccc1C#CCO. The molecule has 1 fully saturated rings. The van der Waals surface area contributed by atoms with Gasteiger partial charge in [-0.1, -0.05) is 24.0 Å². The minimum absolute atomic E-state index is 0.166. The van der Waals surface area contributed by atoms with Crippen molar-refractivity contribution < 1.29 is 14.7 Å². The number of hydrogen-bond donors (Lipinski definition) is 2. The molecule has 5 nitrogen and oxygen atoms in total. The molecule has 110 valence electrons. The Morgan fingerprint density at radius 1 is 1.43 bits per heavy atom. The van der Waals surface area contributed by atoms with Gasteiger partial charge in [0.05, 0.1) is 5.56 Å². The minimum atomic E-state index is -0.896. The average molecular weight is 286 g/mol. The molecule has 0 unspecified atom stereocenters. The highest BCUT2D eigenvalue weighted by Crippen LogP contribution is 2.22. The monoisotopic (exact) mass is 286 g/mol. The van der Waals surface area contributed by atoms with E-state index in [4.69, 9.17) is 5.11 Å². The Morgan fingerprint density at radius 3 is 2.86 bits per heavy atom. The predicted molar refractivity (Wildman–Crippen MR) is 78.5 cm³/mol. The van der Waals surface area contributed by atoms with Gasteiger partial charge >= 0.3 is 0 Å². The quantitative estimate of drug-likeness (QED) is 0.733. The van der Waals surface area contributed by atoms with Crippen molar-refractivity contribution in [1.29, 1.82) is 0 Å². The highest BCUT2D eigenvalue weighted by molar-refractivity contribution is 6.01. The summed E-state index contributed by atoms with van der Waals surface area (Å²) in [4.78, 5) is 26.3. The second-order valence-corrected chi connectivity index (χ2v) is 5.28. The van der Waals surface area contributed by atoms with Crippen LogP contribution in [0.4, 0.5) is 0 Å². The van der Waals surface area contributed by atoms with Crippen molar-refractivity contribution in [3.05, 3.63) is 35.4 Å². The molecule has 0 aliphatic carbocycles. The zero-order valence-electron chi connectivity index (χ0n) is 12.1. The first kappa shape index (κ1) is 15.1. The summed E-state index contributed by atoms with van der Waals surface area (Å²) >= 11 is 0. The highest BCUT2D eigenvalue weighted by atomic mass is 16.2. The van der Waals surface area contributed by atoms with Crippen molar-refractivity contribution in [2.24, 2.45) is 0 Å². The largest absolute Gasteiger partial charge is 0.384 e. The van der Waals surface area contributed by atoms with E-state index in [1.807, 2.05) is 0 Å². The number of hydrogen-bond acceptors (Lipinski definition) is 3. The van der Waals surface area contributed by atoms with Crippen LogP contribution >= 0.6 is 0 Å². The molecule has 0 atom stereocenters. The summed E-state index contributed by atoms with van der Waals surface area (Å²) in [5.74, 6) is 4.93. The summed E-state index contributed by atoms with van der Waals surface area (Å²) in [6, 6.07) is 6.96. The lowest BCUT2D eigenvalue weighted by atomic mass is 9.96. The molecule has 2 amide bonds. The van der Waals surface area contributed by atoms with Crippen molar-refractivity contribution in [3.8, 4) is 11.8 Å². The topological polar surface area (TPSA) is 69.6 Å². The molecule has 21 heavy (non-hydrogen) atoms. The van der Waals surface area contributed by atoms with Crippen LogP contribution in [0.15, 0.2) is 24.3 Å².